The largest absolute Gasteiger partial charge is 0.380 e. The van der Waals surface area contributed by atoms with Gasteiger partial charge >= 0.3 is 0 Å². The van der Waals surface area contributed by atoms with E-state index in [1.165, 1.54) is 90.6 Å². The molecule has 0 aliphatic heterocycles. The molecule has 4 heteroatoms. The summed E-state index contributed by atoms with van der Waals surface area (Å²) in [6.07, 6.45) is 6.70. The highest BCUT2D eigenvalue weighted by Crippen LogP contribution is 2.41. The topological polar surface area (TPSA) is 36.1 Å². The first-order valence-electron chi connectivity index (χ1n) is 20.3. The van der Waals surface area contributed by atoms with Gasteiger partial charge in [0.1, 0.15) is 0 Å². The van der Waals surface area contributed by atoms with Crippen LogP contribution in [0.2, 0.25) is 0 Å². The quantitative estimate of drug-likeness (QED) is 0.0780. The Morgan fingerprint density at radius 2 is 1.05 bits per heavy atom. The third-order valence-corrected chi connectivity index (χ3v) is 11.8. The van der Waals surface area contributed by atoms with E-state index >= 15 is 0 Å². The van der Waals surface area contributed by atoms with Crippen molar-refractivity contribution in [2.45, 2.75) is 105 Å². The maximum absolute atomic E-state index is 6.83. The molecule has 3 N–H and O–H groups in total. The van der Waals surface area contributed by atoms with Crippen molar-refractivity contribution in [2.24, 2.45) is 0 Å². The Labute approximate surface area is 341 Å². The first-order chi connectivity index (χ1) is 26.9. The summed E-state index contributed by atoms with van der Waals surface area (Å²) >= 11 is 6.83. The molecule has 1 aliphatic carbocycles. The van der Waals surface area contributed by atoms with Crippen molar-refractivity contribution < 1.29 is 0 Å². The second-order valence-corrected chi connectivity index (χ2v) is 16.7. The maximum atomic E-state index is 6.83. The van der Waals surface area contributed by atoms with Gasteiger partial charge in [0.25, 0.3) is 0 Å². The van der Waals surface area contributed by atoms with Crippen LogP contribution in [0.3, 0.4) is 0 Å². The Kier molecular flexibility index (Phi) is 13.3. The standard InChI is InChI=1S/C47H50ClN3.C5H10/c1-29-25-31(3)46(32(4)26-29)49-37-19-15-35(16-20-37)45(36-17-21-38(22-18-36)50-47-33(5)27-30(2)28-34(47)6)41-23-24-43(40-12-8-7-11-39(40)41)51-44-14-10-9-13-42(44)48;1-4-5(2)3/h7-8,11-12,15-28,42,44-45,49-51H,9-10,13-14H2,1-6H3;4H,1-3H3. The fourth-order valence-corrected chi connectivity index (χ4v) is 8.60. The van der Waals surface area contributed by atoms with E-state index in [9.17, 15) is 0 Å². The molecule has 6 aromatic carbocycles. The van der Waals surface area contributed by atoms with Crippen LogP contribution in [0.5, 0.6) is 0 Å². The lowest BCUT2D eigenvalue weighted by molar-refractivity contribution is 0.470. The molecule has 2 atom stereocenters. The molecule has 1 aliphatic rings. The maximum Gasteiger partial charge on any atom is 0.0537 e. The summed E-state index contributed by atoms with van der Waals surface area (Å²) in [7, 11) is 0. The van der Waals surface area contributed by atoms with E-state index in [1.54, 1.807) is 0 Å². The predicted molar refractivity (Wildman–Crippen MR) is 246 cm³/mol. The fourth-order valence-electron chi connectivity index (χ4n) is 8.26. The lowest BCUT2D eigenvalue weighted by atomic mass is 9.82. The van der Waals surface area contributed by atoms with Gasteiger partial charge in [-0.15, -0.1) is 11.6 Å². The molecule has 1 fully saturated rings. The van der Waals surface area contributed by atoms with E-state index in [2.05, 4.69) is 187 Å². The molecule has 1 saturated carbocycles. The number of allylic oxidation sites excluding steroid dienone is 2. The van der Waals surface area contributed by atoms with Gasteiger partial charge in [-0.1, -0.05) is 114 Å². The van der Waals surface area contributed by atoms with E-state index < -0.39 is 0 Å². The van der Waals surface area contributed by atoms with Gasteiger partial charge in [-0.25, -0.2) is 0 Å². The Morgan fingerprint density at radius 1 is 0.607 bits per heavy atom. The number of anilines is 5. The highest BCUT2D eigenvalue weighted by Gasteiger charge is 2.25. The van der Waals surface area contributed by atoms with Gasteiger partial charge < -0.3 is 16.0 Å². The average Bonchev–Trinajstić information content (AvgIpc) is 3.17. The van der Waals surface area contributed by atoms with Crippen LogP contribution < -0.4 is 16.0 Å². The molecule has 0 spiro atoms. The third-order valence-electron chi connectivity index (χ3n) is 11.2. The van der Waals surface area contributed by atoms with Crippen LogP contribution in [0, 0.1) is 41.5 Å². The summed E-state index contributed by atoms with van der Waals surface area (Å²) in [4.78, 5) is 0. The molecule has 0 heterocycles. The number of hydrogen-bond acceptors (Lipinski definition) is 3. The SMILES string of the molecule is CC=C(C)C.Cc1cc(C)c(Nc2ccc(C(c3ccc(Nc4c(C)cc(C)cc4C)cc3)c3ccc(NC4CCCCC4Cl)c4ccccc34)cc2)c(C)c1. The first kappa shape index (κ1) is 40.7. The van der Waals surface area contributed by atoms with E-state index in [0.29, 0.717) is 0 Å². The molecule has 0 amide bonds. The lowest BCUT2D eigenvalue weighted by Crippen LogP contribution is -2.32. The number of rotatable bonds is 9. The van der Waals surface area contributed by atoms with E-state index in [0.717, 1.165) is 29.9 Å². The monoisotopic (exact) mass is 761 g/mol. The minimum absolute atomic E-state index is 0.0354. The van der Waals surface area contributed by atoms with Crippen molar-refractivity contribution in [3.05, 3.63) is 171 Å². The van der Waals surface area contributed by atoms with Crippen LogP contribution in [0.15, 0.2) is 121 Å². The molecule has 0 bridgehead atoms. The van der Waals surface area contributed by atoms with Crippen LogP contribution in [0.4, 0.5) is 28.4 Å². The highest BCUT2D eigenvalue weighted by atomic mass is 35.5. The Balaban J connectivity index is 0.00000100. The molecule has 6 aromatic rings. The summed E-state index contributed by atoms with van der Waals surface area (Å²) in [6.45, 7) is 19.2. The summed E-state index contributed by atoms with van der Waals surface area (Å²) in [5.41, 5.74) is 18.5. The minimum Gasteiger partial charge on any atom is -0.380 e. The van der Waals surface area contributed by atoms with Crippen molar-refractivity contribution >= 4 is 50.8 Å². The minimum atomic E-state index is 0.0354. The van der Waals surface area contributed by atoms with Crippen molar-refractivity contribution in [3.63, 3.8) is 0 Å². The van der Waals surface area contributed by atoms with Crippen LogP contribution in [0.1, 0.15) is 102 Å². The number of hydrogen-bond donors (Lipinski definition) is 3. The molecular formula is C52H60ClN3. The molecule has 0 saturated heterocycles. The summed E-state index contributed by atoms with van der Waals surface area (Å²) in [5, 5.41) is 13.9. The number of alkyl halides is 1. The van der Waals surface area contributed by atoms with Crippen LogP contribution in [-0.2, 0) is 0 Å². The Bertz CT molecular complexity index is 2150. The molecule has 7 rings (SSSR count). The summed E-state index contributed by atoms with van der Waals surface area (Å²) < 4.78 is 0. The zero-order chi connectivity index (χ0) is 39.9. The number of nitrogens with one attached hydrogen (secondary N) is 3. The second kappa shape index (κ2) is 18.3. The van der Waals surface area contributed by atoms with Crippen molar-refractivity contribution in [3.8, 4) is 0 Å². The lowest BCUT2D eigenvalue weighted by Gasteiger charge is -2.30. The van der Waals surface area contributed by atoms with Gasteiger partial charge in [0, 0.05) is 45.8 Å². The molecular weight excluding hydrogens is 702 g/mol. The van der Waals surface area contributed by atoms with Gasteiger partial charge in [0.15, 0.2) is 0 Å². The highest BCUT2D eigenvalue weighted by molar-refractivity contribution is 6.21. The van der Waals surface area contributed by atoms with Crippen LogP contribution in [-0.4, -0.2) is 11.4 Å². The molecule has 290 valence electrons. The molecule has 3 nitrogen and oxygen atoms in total. The Hall–Kier alpha value is -4.99. The van der Waals surface area contributed by atoms with Gasteiger partial charge in [-0.05, 0) is 150 Å². The fraction of sp³-hybridized carbons (Fsp3) is 0.308. The molecule has 0 radical (unpaired) electrons. The number of aryl methyl sites for hydroxylation is 6. The van der Waals surface area contributed by atoms with Crippen LogP contribution >= 0.6 is 11.6 Å². The van der Waals surface area contributed by atoms with E-state index in [4.69, 9.17) is 11.6 Å². The third kappa shape index (κ3) is 9.68. The smallest absolute Gasteiger partial charge is 0.0537 e. The predicted octanol–water partition coefficient (Wildman–Crippen LogP) is 15.3. The van der Waals surface area contributed by atoms with Crippen molar-refractivity contribution in [1.29, 1.82) is 0 Å². The average molecular weight is 763 g/mol. The molecule has 0 aromatic heterocycles. The van der Waals surface area contributed by atoms with Crippen molar-refractivity contribution in [2.75, 3.05) is 16.0 Å². The van der Waals surface area contributed by atoms with E-state index in [-0.39, 0.29) is 17.3 Å². The zero-order valence-electron chi connectivity index (χ0n) is 34.9. The summed E-state index contributed by atoms with van der Waals surface area (Å²) in [5.74, 6) is 0.0354. The first-order valence-corrected chi connectivity index (χ1v) is 20.8. The van der Waals surface area contributed by atoms with E-state index in [1.807, 2.05) is 6.92 Å². The molecule has 2 unspecified atom stereocenters. The van der Waals surface area contributed by atoms with Gasteiger partial charge in [0.2, 0.25) is 0 Å². The zero-order valence-corrected chi connectivity index (χ0v) is 35.7. The van der Waals surface area contributed by atoms with Gasteiger partial charge in [0.05, 0.1) is 5.38 Å². The molecule has 56 heavy (non-hydrogen) atoms. The summed E-state index contributed by atoms with van der Waals surface area (Å²) in [6, 6.07) is 40.8. The number of benzene rings is 6. The Morgan fingerprint density at radius 3 is 1.50 bits per heavy atom. The van der Waals surface area contributed by atoms with Gasteiger partial charge in [-0.2, -0.15) is 0 Å². The number of fused-ring (bicyclic) bond motifs is 1. The second-order valence-electron chi connectivity index (χ2n) is 16.1. The van der Waals surface area contributed by atoms with Crippen molar-refractivity contribution in [1.82, 2.24) is 0 Å². The number of halogens is 1. The normalized spacial score (nSPS) is 15.2. The van der Waals surface area contributed by atoms with Crippen LogP contribution in [0.25, 0.3) is 10.8 Å². The van der Waals surface area contributed by atoms with Gasteiger partial charge in [-0.3, -0.25) is 0 Å².